The van der Waals surface area contributed by atoms with Crippen LogP contribution in [0.3, 0.4) is 0 Å². The first kappa shape index (κ1) is 26.0. The lowest BCUT2D eigenvalue weighted by atomic mass is 10.2. The predicted molar refractivity (Wildman–Crippen MR) is 140 cm³/mol. The molecule has 0 aliphatic rings. The highest BCUT2D eigenvalue weighted by Crippen LogP contribution is 2.41. The SMILES string of the molecule is NS(=O)(=O)c1cccc(-c2ccc(-c3cc(C(F)(F)F)nn3-c3cc(Cl)ccc3Oc3ccccc3)s2)c1. The Morgan fingerprint density at radius 3 is 2.34 bits per heavy atom. The number of benzene rings is 3. The van der Waals surface area contributed by atoms with E-state index in [9.17, 15) is 21.6 Å². The Balaban J connectivity index is 1.64. The summed E-state index contributed by atoms with van der Waals surface area (Å²) in [6.07, 6.45) is -4.71. The highest BCUT2D eigenvalue weighted by Gasteiger charge is 2.36. The lowest BCUT2D eigenvalue weighted by Gasteiger charge is -2.14. The lowest BCUT2D eigenvalue weighted by Crippen LogP contribution is -2.11. The van der Waals surface area contributed by atoms with Crippen LogP contribution in [0.5, 0.6) is 11.5 Å². The van der Waals surface area contributed by atoms with Gasteiger partial charge in [-0.3, -0.25) is 0 Å². The topological polar surface area (TPSA) is 87.2 Å². The summed E-state index contributed by atoms with van der Waals surface area (Å²) >= 11 is 7.39. The Bertz CT molecular complexity index is 1730. The number of alkyl halides is 3. The number of nitrogens with two attached hydrogens (primary N) is 1. The summed E-state index contributed by atoms with van der Waals surface area (Å²) in [4.78, 5) is 1.00. The number of para-hydroxylation sites is 1. The average Bonchev–Trinajstić information content (AvgIpc) is 3.53. The van der Waals surface area contributed by atoms with E-state index in [1.807, 2.05) is 6.07 Å². The van der Waals surface area contributed by atoms with Crippen LogP contribution < -0.4 is 9.88 Å². The molecule has 0 fully saturated rings. The molecule has 0 bridgehead atoms. The third-order valence-corrected chi connectivity index (χ3v) is 7.73. The number of ether oxygens (including phenoxy) is 1. The highest BCUT2D eigenvalue weighted by molar-refractivity contribution is 7.89. The Morgan fingerprint density at radius 2 is 1.63 bits per heavy atom. The van der Waals surface area contributed by atoms with Crippen LogP contribution in [0.2, 0.25) is 5.02 Å². The molecule has 0 saturated heterocycles. The van der Waals surface area contributed by atoms with Crippen LogP contribution in [0.1, 0.15) is 5.69 Å². The number of sulfonamides is 1. The molecule has 2 N–H and O–H groups in total. The molecule has 38 heavy (non-hydrogen) atoms. The first-order chi connectivity index (χ1) is 18.0. The van der Waals surface area contributed by atoms with Crippen molar-refractivity contribution in [3.63, 3.8) is 0 Å². The fourth-order valence-corrected chi connectivity index (χ4v) is 5.42. The quantitative estimate of drug-likeness (QED) is 0.229. The molecule has 0 aliphatic heterocycles. The molecule has 0 unspecified atom stereocenters. The Hall–Kier alpha value is -3.64. The standard InChI is InChI=1S/C26H17ClF3N3O3S2/c27-17-9-10-22(36-18-6-2-1-3-7-18)20(14-17)33-21(15-25(32-33)26(28,29)30)24-12-11-23(37-24)16-5-4-8-19(13-16)38(31,34)35/h1-15H,(H2,31,34,35). The number of rotatable bonds is 6. The molecule has 0 radical (unpaired) electrons. The number of nitrogens with zero attached hydrogens (tertiary/aromatic N) is 2. The van der Waals surface area contributed by atoms with Crippen molar-refractivity contribution in [2.45, 2.75) is 11.1 Å². The summed E-state index contributed by atoms with van der Waals surface area (Å²) in [7, 11) is -3.93. The van der Waals surface area contributed by atoms with Crippen LogP contribution in [-0.4, -0.2) is 18.2 Å². The molecular formula is C26H17ClF3N3O3S2. The van der Waals surface area contributed by atoms with Gasteiger partial charge in [0.2, 0.25) is 10.0 Å². The van der Waals surface area contributed by atoms with Crippen molar-refractivity contribution in [1.82, 2.24) is 9.78 Å². The van der Waals surface area contributed by atoms with Gasteiger partial charge in [0.1, 0.15) is 11.4 Å². The van der Waals surface area contributed by atoms with E-state index < -0.39 is 21.9 Å². The Morgan fingerprint density at radius 1 is 0.895 bits per heavy atom. The number of hydrogen-bond donors (Lipinski definition) is 1. The maximum absolute atomic E-state index is 13.8. The van der Waals surface area contributed by atoms with E-state index in [0.29, 0.717) is 21.1 Å². The van der Waals surface area contributed by atoms with Crippen LogP contribution in [0.15, 0.2) is 95.9 Å². The molecule has 0 aliphatic carbocycles. The summed E-state index contributed by atoms with van der Waals surface area (Å²) < 4.78 is 71.9. The molecule has 2 aromatic heterocycles. The smallest absolute Gasteiger partial charge is 0.435 e. The van der Waals surface area contributed by atoms with Crippen LogP contribution in [0.25, 0.3) is 26.7 Å². The maximum Gasteiger partial charge on any atom is 0.435 e. The summed E-state index contributed by atoms with van der Waals surface area (Å²) in [6.45, 7) is 0. The largest absolute Gasteiger partial charge is 0.455 e. The number of aromatic nitrogens is 2. The second-order valence-electron chi connectivity index (χ2n) is 8.09. The van der Waals surface area contributed by atoms with Gasteiger partial charge in [-0.05, 0) is 66.2 Å². The zero-order valence-corrected chi connectivity index (χ0v) is 21.6. The zero-order valence-electron chi connectivity index (χ0n) is 19.2. The van der Waals surface area contributed by atoms with Crippen molar-refractivity contribution in [2.24, 2.45) is 5.14 Å². The fraction of sp³-hybridized carbons (Fsp3) is 0.0385. The molecule has 0 spiro atoms. The van der Waals surface area contributed by atoms with E-state index in [1.54, 1.807) is 60.7 Å². The summed E-state index contributed by atoms with van der Waals surface area (Å²) in [5.41, 5.74) is -0.190. The van der Waals surface area contributed by atoms with Gasteiger partial charge in [0.05, 0.1) is 15.5 Å². The molecule has 0 amide bonds. The van der Waals surface area contributed by atoms with E-state index in [2.05, 4.69) is 5.10 Å². The Kier molecular flexibility index (Phi) is 6.78. The third kappa shape index (κ3) is 5.46. The van der Waals surface area contributed by atoms with Gasteiger partial charge in [0.25, 0.3) is 0 Å². The van der Waals surface area contributed by atoms with Gasteiger partial charge in [0.15, 0.2) is 11.4 Å². The first-order valence-electron chi connectivity index (χ1n) is 10.9. The van der Waals surface area contributed by atoms with Crippen LogP contribution >= 0.6 is 22.9 Å². The van der Waals surface area contributed by atoms with Gasteiger partial charge in [-0.15, -0.1) is 11.3 Å². The molecule has 5 aromatic rings. The van der Waals surface area contributed by atoms with Crippen molar-refractivity contribution in [3.8, 4) is 38.2 Å². The molecule has 194 valence electrons. The minimum Gasteiger partial charge on any atom is -0.455 e. The number of halogens is 4. The van der Waals surface area contributed by atoms with Gasteiger partial charge in [-0.2, -0.15) is 18.3 Å². The van der Waals surface area contributed by atoms with Crippen molar-refractivity contribution < 1.29 is 26.3 Å². The monoisotopic (exact) mass is 575 g/mol. The van der Waals surface area contributed by atoms with Crippen molar-refractivity contribution in [2.75, 3.05) is 0 Å². The average molecular weight is 576 g/mol. The van der Waals surface area contributed by atoms with Crippen molar-refractivity contribution in [3.05, 3.63) is 102 Å². The van der Waals surface area contributed by atoms with Gasteiger partial charge < -0.3 is 4.74 Å². The van der Waals surface area contributed by atoms with E-state index in [4.69, 9.17) is 21.5 Å². The first-order valence-corrected chi connectivity index (χ1v) is 13.7. The van der Waals surface area contributed by atoms with Gasteiger partial charge in [0, 0.05) is 9.90 Å². The summed E-state index contributed by atoms with van der Waals surface area (Å²) in [6, 6.07) is 23.6. The lowest BCUT2D eigenvalue weighted by molar-refractivity contribution is -0.141. The molecule has 5 rings (SSSR count). The molecule has 0 atom stereocenters. The predicted octanol–water partition coefficient (Wildman–Crippen LogP) is 7.38. The van der Waals surface area contributed by atoms with Crippen LogP contribution in [0.4, 0.5) is 13.2 Å². The summed E-state index contributed by atoms with van der Waals surface area (Å²) in [5, 5.41) is 9.39. The van der Waals surface area contributed by atoms with Gasteiger partial charge >= 0.3 is 6.18 Å². The van der Waals surface area contributed by atoms with E-state index in [0.717, 1.165) is 10.7 Å². The summed E-state index contributed by atoms with van der Waals surface area (Å²) in [5.74, 6) is 0.727. The van der Waals surface area contributed by atoms with Gasteiger partial charge in [-0.25, -0.2) is 18.2 Å². The molecule has 0 saturated carbocycles. The normalized spacial score (nSPS) is 12.0. The molecule has 3 aromatic carbocycles. The van der Waals surface area contributed by atoms with Gasteiger partial charge in [-0.1, -0.05) is 41.9 Å². The molecule has 6 nitrogen and oxygen atoms in total. The minimum atomic E-state index is -4.71. The minimum absolute atomic E-state index is 0.0732. The van der Waals surface area contributed by atoms with Crippen molar-refractivity contribution in [1.29, 1.82) is 0 Å². The van der Waals surface area contributed by atoms with E-state index >= 15 is 0 Å². The second kappa shape index (κ2) is 9.91. The number of primary sulfonamides is 1. The zero-order chi connectivity index (χ0) is 27.1. The number of thiophene rings is 1. The second-order valence-corrected chi connectivity index (χ2v) is 11.2. The fourth-order valence-electron chi connectivity index (χ4n) is 3.69. The number of hydrogen-bond acceptors (Lipinski definition) is 5. The van der Waals surface area contributed by atoms with E-state index in [-0.39, 0.29) is 27.0 Å². The van der Waals surface area contributed by atoms with Crippen LogP contribution in [0, 0.1) is 0 Å². The molecular weight excluding hydrogens is 559 g/mol. The Labute approximate surface area is 224 Å². The van der Waals surface area contributed by atoms with E-state index in [1.165, 1.54) is 29.5 Å². The van der Waals surface area contributed by atoms with Crippen LogP contribution in [-0.2, 0) is 16.2 Å². The molecule has 12 heteroatoms. The third-order valence-electron chi connectivity index (χ3n) is 5.43. The maximum atomic E-state index is 13.8. The molecule has 2 heterocycles. The van der Waals surface area contributed by atoms with Crippen molar-refractivity contribution >= 4 is 33.0 Å². The highest BCUT2D eigenvalue weighted by atomic mass is 35.5.